The molecule has 0 aliphatic rings. The number of hydrogen-bond acceptors (Lipinski definition) is 3. The third-order valence-corrected chi connectivity index (χ3v) is 3.35. The molecule has 0 aliphatic heterocycles. The number of aryl methyl sites for hydroxylation is 1. The van der Waals surface area contributed by atoms with Gasteiger partial charge in [-0.2, -0.15) is 0 Å². The molecule has 3 heteroatoms. The van der Waals surface area contributed by atoms with Crippen molar-refractivity contribution < 1.29 is 0 Å². The molecular formula is C11H12N2S. The van der Waals surface area contributed by atoms with Gasteiger partial charge in [-0.15, -0.1) is 11.3 Å². The monoisotopic (exact) mass is 204 g/mol. The maximum Gasteiger partial charge on any atom is 0.0649 e. The lowest BCUT2D eigenvalue weighted by molar-refractivity contribution is 0.881. The van der Waals surface area contributed by atoms with Crippen molar-refractivity contribution in [1.82, 2.24) is 4.98 Å². The van der Waals surface area contributed by atoms with E-state index in [1.807, 2.05) is 12.1 Å². The number of pyridine rings is 1. The predicted molar refractivity (Wildman–Crippen MR) is 59.3 cm³/mol. The molecule has 2 rings (SSSR count). The molecule has 0 aromatic carbocycles. The summed E-state index contributed by atoms with van der Waals surface area (Å²) < 4.78 is 0. The molecule has 0 fully saturated rings. The molecule has 2 heterocycles. The molecule has 0 bridgehead atoms. The minimum atomic E-state index is -0.0157. The topological polar surface area (TPSA) is 38.9 Å². The Bertz CT molecular complexity index is 408. The van der Waals surface area contributed by atoms with Crippen molar-refractivity contribution in [2.45, 2.75) is 13.0 Å². The van der Waals surface area contributed by atoms with Crippen LogP contribution < -0.4 is 5.73 Å². The summed E-state index contributed by atoms with van der Waals surface area (Å²) in [5.74, 6) is 0. The summed E-state index contributed by atoms with van der Waals surface area (Å²) >= 11 is 1.71. The van der Waals surface area contributed by atoms with Gasteiger partial charge >= 0.3 is 0 Å². The average molecular weight is 204 g/mol. The highest BCUT2D eigenvalue weighted by Crippen LogP contribution is 2.26. The fraction of sp³-hybridized carbons (Fsp3) is 0.182. The standard InChI is InChI=1S/C11H12N2S/c1-8-4-7-14-11(8)10(12)9-2-5-13-6-3-9/h2-7,10H,12H2,1H3. The van der Waals surface area contributed by atoms with Gasteiger partial charge in [0.05, 0.1) is 6.04 Å². The number of aromatic nitrogens is 1. The van der Waals surface area contributed by atoms with Crippen LogP contribution in [0.1, 0.15) is 22.0 Å². The first-order valence-electron chi connectivity index (χ1n) is 4.48. The molecule has 0 radical (unpaired) electrons. The highest BCUT2D eigenvalue weighted by atomic mass is 32.1. The van der Waals surface area contributed by atoms with E-state index in [2.05, 4.69) is 23.4 Å². The Morgan fingerprint density at radius 1 is 1.29 bits per heavy atom. The Morgan fingerprint density at radius 3 is 2.57 bits per heavy atom. The molecule has 0 spiro atoms. The van der Waals surface area contributed by atoms with E-state index in [-0.39, 0.29) is 6.04 Å². The Balaban J connectivity index is 2.34. The van der Waals surface area contributed by atoms with Crippen molar-refractivity contribution in [3.05, 3.63) is 52.0 Å². The summed E-state index contributed by atoms with van der Waals surface area (Å²) in [7, 11) is 0. The molecule has 2 aromatic rings. The van der Waals surface area contributed by atoms with Crippen LogP contribution in [-0.4, -0.2) is 4.98 Å². The van der Waals surface area contributed by atoms with Gasteiger partial charge in [0.1, 0.15) is 0 Å². The summed E-state index contributed by atoms with van der Waals surface area (Å²) in [5.41, 5.74) is 8.52. The van der Waals surface area contributed by atoms with Crippen molar-refractivity contribution in [3.8, 4) is 0 Å². The number of rotatable bonds is 2. The number of nitrogens with two attached hydrogens (primary N) is 1. The van der Waals surface area contributed by atoms with Crippen molar-refractivity contribution in [2.75, 3.05) is 0 Å². The van der Waals surface area contributed by atoms with Gasteiger partial charge in [-0.3, -0.25) is 4.98 Å². The second-order valence-electron chi connectivity index (χ2n) is 3.23. The van der Waals surface area contributed by atoms with Gasteiger partial charge in [-0.05, 0) is 41.6 Å². The van der Waals surface area contributed by atoms with Crippen molar-refractivity contribution in [3.63, 3.8) is 0 Å². The first kappa shape index (κ1) is 9.37. The maximum absolute atomic E-state index is 6.14. The van der Waals surface area contributed by atoms with E-state index in [1.54, 1.807) is 23.7 Å². The Morgan fingerprint density at radius 2 is 2.00 bits per heavy atom. The number of hydrogen-bond donors (Lipinski definition) is 1. The molecule has 1 atom stereocenters. The second kappa shape index (κ2) is 3.90. The van der Waals surface area contributed by atoms with E-state index in [0.717, 1.165) is 5.56 Å². The van der Waals surface area contributed by atoms with Crippen LogP contribution in [-0.2, 0) is 0 Å². The minimum Gasteiger partial charge on any atom is -0.320 e. The van der Waals surface area contributed by atoms with Crippen LogP contribution >= 0.6 is 11.3 Å². The third kappa shape index (κ3) is 1.69. The Labute approximate surface area is 87.4 Å². The predicted octanol–water partition coefficient (Wildman–Crippen LogP) is 2.50. The van der Waals surface area contributed by atoms with Crippen LogP contribution in [0.3, 0.4) is 0 Å². The highest BCUT2D eigenvalue weighted by molar-refractivity contribution is 7.10. The van der Waals surface area contributed by atoms with E-state index in [1.165, 1.54) is 10.4 Å². The molecule has 72 valence electrons. The van der Waals surface area contributed by atoms with Gasteiger partial charge in [0.25, 0.3) is 0 Å². The second-order valence-corrected chi connectivity index (χ2v) is 4.17. The van der Waals surface area contributed by atoms with Crippen LogP contribution in [0, 0.1) is 6.92 Å². The van der Waals surface area contributed by atoms with E-state index < -0.39 is 0 Å². The van der Waals surface area contributed by atoms with Crippen LogP contribution in [0.2, 0.25) is 0 Å². The summed E-state index contributed by atoms with van der Waals surface area (Å²) in [6.45, 7) is 2.09. The summed E-state index contributed by atoms with van der Waals surface area (Å²) in [4.78, 5) is 5.21. The number of nitrogens with zero attached hydrogens (tertiary/aromatic N) is 1. The zero-order chi connectivity index (χ0) is 9.97. The van der Waals surface area contributed by atoms with Gasteiger partial charge in [-0.1, -0.05) is 0 Å². The van der Waals surface area contributed by atoms with Crippen LogP contribution in [0.5, 0.6) is 0 Å². The molecule has 0 saturated carbocycles. The smallest absolute Gasteiger partial charge is 0.0649 e. The van der Waals surface area contributed by atoms with Crippen LogP contribution in [0.25, 0.3) is 0 Å². The molecule has 1 unspecified atom stereocenters. The summed E-state index contributed by atoms with van der Waals surface area (Å²) in [5, 5.41) is 2.08. The van der Waals surface area contributed by atoms with Gasteiger partial charge < -0.3 is 5.73 Å². The lowest BCUT2D eigenvalue weighted by Crippen LogP contribution is -2.11. The van der Waals surface area contributed by atoms with E-state index in [4.69, 9.17) is 5.73 Å². The Hall–Kier alpha value is -1.19. The molecule has 14 heavy (non-hydrogen) atoms. The molecular weight excluding hydrogens is 192 g/mol. The van der Waals surface area contributed by atoms with Gasteiger partial charge in [-0.25, -0.2) is 0 Å². The first-order valence-corrected chi connectivity index (χ1v) is 5.36. The largest absolute Gasteiger partial charge is 0.320 e. The van der Waals surface area contributed by atoms with E-state index >= 15 is 0 Å². The summed E-state index contributed by atoms with van der Waals surface area (Å²) in [6, 6.07) is 6.01. The minimum absolute atomic E-state index is 0.0157. The van der Waals surface area contributed by atoms with E-state index in [9.17, 15) is 0 Å². The van der Waals surface area contributed by atoms with Crippen molar-refractivity contribution >= 4 is 11.3 Å². The molecule has 0 amide bonds. The van der Waals surface area contributed by atoms with Crippen LogP contribution in [0.4, 0.5) is 0 Å². The zero-order valence-corrected chi connectivity index (χ0v) is 8.79. The normalized spacial score (nSPS) is 12.7. The van der Waals surface area contributed by atoms with Crippen molar-refractivity contribution in [1.29, 1.82) is 0 Å². The van der Waals surface area contributed by atoms with Gasteiger partial charge in [0.15, 0.2) is 0 Å². The number of thiophene rings is 1. The molecule has 2 nitrogen and oxygen atoms in total. The van der Waals surface area contributed by atoms with Gasteiger partial charge in [0, 0.05) is 17.3 Å². The maximum atomic E-state index is 6.14. The molecule has 0 aliphatic carbocycles. The van der Waals surface area contributed by atoms with Gasteiger partial charge in [0.2, 0.25) is 0 Å². The molecule has 2 aromatic heterocycles. The third-order valence-electron chi connectivity index (χ3n) is 2.25. The fourth-order valence-corrected chi connectivity index (χ4v) is 2.38. The quantitative estimate of drug-likeness (QED) is 0.816. The first-order chi connectivity index (χ1) is 6.79. The lowest BCUT2D eigenvalue weighted by Gasteiger charge is -2.10. The lowest BCUT2D eigenvalue weighted by atomic mass is 10.1. The summed E-state index contributed by atoms with van der Waals surface area (Å²) in [6.07, 6.45) is 3.55. The SMILES string of the molecule is Cc1ccsc1C(N)c1ccncc1. The highest BCUT2D eigenvalue weighted by Gasteiger charge is 2.11. The van der Waals surface area contributed by atoms with Crippen LogP contribution in [0.15, 0.2) is 36.0 Å². The zero-order valence-electron chi connectivity index (χ0n) is 7.97. The Kier molecular flexibility index (Phi) is 2.61. The average Bonchev–Trinajstić information content (AvgIpc) is 2.65. The molecule has 2 N–H and O–H groups in total. The van der Waals surface area contributed by atoms with Crippen molar-refractivity contribution in [2.24, 2.45) is 5.73 Å². The van der Waals surface area contributed by atoms with E-state index in [0.29, 0.717) is 0 Å². The fourth-order valence-electron chi connectivity index (χ4n) is 1.43. The molecule has 0 saturated heterocycles.